The van der Waals surface area contributed by atoms with Gasteiger partial charge in [-0.25, -0.2) is 27.5 Å². The highest BCUT2D eigenvalue weighted by Gasteiger charge is 2.40. The van der Waals surface area contributed by atoms with Crippen LogP contribution < -0.4 is 9.47 Å². The molecule has 0 radical (unpaired) electrons. The molecule has 2 aromatic carbocycles. The van der Waals surface area contributed by atoms with Gasteiger partial charge >= 0.3 is 5.97 Å². The molecule has 1 aliphatic heterocycles. The van der Waals surface area contributed by atoms with Crippen LogP contribution in [0.4, 0.5) is 13.2 Å². The Morgan fingerprint density at radius 1 is 1.12 bits per heavy atom. The molecule has 0 aliphatic carbocycles. The van der Waals surface area contributed by atoms with Gasteiger partial charge in [0.1, 0.15) is 11.4 Å². The quantitative estimate of drug-likeness (QED) is 0.205. The van der Waals surface area contributed by atoms with Gasteiger partial charge in [-0.2, -0.15) is 10.2 Å². The van der Waals surface area contributed by atoms with Crippen LogP contribution in [0, 0.1) is 11.7 Å². The maximum atomic E-state index is 15.8. The Kier molecular flexibility index (Phi) is 8.32. The predicted octanol–water partition coefficient (Wildman–Crippen LogP) is 6.91. The maximum absolute atomic E-state index is 15.8. The van der Waals surface area contributed by atoms with Crippen molar-refractivity contribution in [1.82, 2.24) is 34.5 Å². The van der Waals surface area contributed by atoms with Gasteiger partial charge in [0.2, 0.25) is 5.88 Å². The molecule has 1 aliphatic rings. The van der Waals surface area contributed by atoms with Crippen LogP contribution in [-0.4, -0.2) is 58.1 Å². The third kappa shape index (κ3) is 6.28. The zero-order chi connectivity index (χ0) is 35.2. The van der Waals surface area contributed by atoms with E-state index < -0.39 is 42.1 Å². The summed E-state index contributed by atoms with van der Waals surface area (Å²) in [5.74, 6) is -4.59. The van der Waals surface area contributed by atoms with Crippen molar-refractivity contribution in [3.8, 4) is 28.9 Å². The average Bonchev–Trinajstić information content (AvgIpc) is 3.84. The predicted molar refractivity (Wildman–Crippen MR) is 177 cm³/mol. The smallest absolute Gasteiger partial charge is 0.306 e. The fourth-order valence-electron chi connectivity index (χ4n) is 6.31. The number of H-pyrrole nitrogens is 1. The molecule has 5 heterocycles. The molecule has 0 fully saturated rings. The number of benzene rings is 2. The molecule has 1 unspecified atom stereocenters. The van der Waals surface area contributed by atoms with Crippen molar-refractivity contribution >= 4 is 16.9 Å². The zero-order valence-corrected chi connectivity index (χ0v) is 27.5. The van der Waals surface area contributed by atoms with E-state index in [1.165, 1.54) is 33.9 Å². The number of nitrogens with one attached hydrogen (secondary N) is 1. The highest BCUT2D eigenvalue weighted by Crippen LogP contribution is 2.40. The lowest BCUT2D eigenvalue weighted by molar-refractivity contribution is -0.141. The number of halogens is 3. The summed E-state index contributed by atoms with van der Waals surface area (Å²) in [6.07, 6.45) is 4.22. The van der Waals surface area contributed by atoms with Gasteiger partial charge in [0, 0.05) is 60.5 Å². The molecule has 50 heavy (non-hydrogen) atoms. The van der Waals surface area contributed by atoms with Crippen molar-refractivity contribution in [2.24, 2.45) is 13.0 Å². The number of aromatic amines is 1. The Bertz CT molecular complexity index is 2210. The van der Waals surface area contributed by atoms with E-state index >= 15 is 13.2 Å². The number of ether oxygens (including phenoxy) is 2. The van der Waals surface area contributed by atoms with Crippen LogP contribution in [0.1, 0.15) is 49.2 Å². The van der Waals surface area contributed by atoms with Crippen molar-refractivity contribution in [2.45, 2.75) is 51.0 Å². The summed E-state index contributed by atoms with van der Waals surface area (Å²) in [4.78, 5) is 23.9. The molecular weight excluding hydrogens is 651 g/mol. The fourth-order valence-corrected chi connectivity index (χ4v) is 6.31. The number of nitrogens with zero attached hydrogens (tertiary/aromatic N) is 6. The van der Waals surface area contributed by atoms with Gasteiger partial charge in [-0.3, -0.25) is 9.78 Å². The first kappa shape index (κ1) is 32.9. The molecular formula is C36H34F3N7O4. The van der Waals surface area contributed by atoms with Crippen LogP contribution in [-0.2, 0) is 30.2 Å². The number of aliphatic carboxylic acids is 1. The summed E-state index contributed by atoms with van der Waals surface area (Å²) in [5.41, 5.74) is 1.59. The Balaban J connectivity index is 1.36. The van der Waals surface area contributed by atoms with Crippen LogP contribution in [0.5, 0.6) is 17.4 Å². The molecule has 11 nitrogen and oxygen atoms in total. The Hall–Kier alpha value is -5.66. The number of pyridine rings is 1. The van der Waals surface area contributed by atoms with Gasteiger partial charge in [0.15, 0.2) is 29.8 Å². The fraction of sp³-hybridized carbons (Fsp3) is 0.306. The second-order valence-corrected chi connectivity index (χ2v) is 12.9. The van der Waals surface area contributed by atoms with Crippen LogP contribution in [0.2, 0.25) is 0 Å². The third-order valence-corrected chi connectivity index (χ3v) is 9.24. The highest BCUT2D eigenvalue weighted by molar-refractivity contribution is 5.85. The largest absolute Gasteiger partial charge is 0.481 e. The van der Waals surface area contributed by atoms with E-state index in [0.29, 0.717) is 33.5 Å². The highest BCUT2D eigenvalue weighted by atomic mass is 19.3. The van der Waals surface area contributed by atoms with Gasteiger partial charge in [-0.1, -0.05) is 31.2 Å². The monoisotopic (exact) mass is 685 g/mol. The Labute approximate surface area is 284 Å². The Morgan fingerprint density at radius 2 is 1.96 bits per heavy atom. The number of aryl methyl sites for hydroxylation is 1. The number of hydrogen-bond acceptors (Lipinski definition) is 7. The lowest BCUT2D eigenvalue weighted by Crippen LogP contribution is -2.32. The minimum absolute atomic E-state index is 0.0329. The molecule has 4 aromatic heterocycles. The molecule has 2 N–H and O–H groups in total. The van der Waals surface area contributed by atoms with E-state index in [0.717, 1.165) is 5.56 Å². The lowest BCUT2D eigenvalue weighted by Gasteiger charge is -2.30. The first-order valence-electron chi connectivity index (χ1n) is 16.1. The third-order valence-electron chi connectivity index (χ3n) is 9.24. The second kappa shape index (κ2) is 12.7. The van der Waals surface area contributed by atoms with Crippen molar-refractivity contribution in [2.75, 3.05) is 6.61 Å². The molecule has 7 rings (SSSR count). The zero-order valence-electron chi connectivity index (χ0n) is 27.5. The normalized spacial score (nSPS) is 18.2. The van der Waals surface area contributed by atoms with E-state index in [-0.39, 0.29) is 42.6 Å². The van der Waals surface area contributed by atoms with Crippen molar-refractivity contribution in [3.63, 3.8) is 0 Å². The molecule has 0 amide bonds. The Morgan fingerprint density at radius 3 is 2.78 bits per heavy atom. The molecule has 258 valence electrons. The first-order valence-corrected chi connectivity index (χ1v) is 16.1. The van der Waals surface area contributed by atoms with E-state index in [4.69, 9.17) is 19.6 Å². The average molecular weight is 686 g/mol. The number of carbonyl (C=O) groups is 1. The lowest BCUT2D eigenvalue weighted by atomic mass is 9.76. The minimum Gasteiger partial charge on any atom is -0.481 e. The van der Waals surface area contributed by atoms with Crippen LogP contribution in [0.25, 0.3) is 22.4 Å². The molecule has 0 saturated heterocycles. The molecule has 14 heteroatoms. The van der Waals surface area contributed by atoms with Crippen LogP contribution in [0.15, 0.2) is 73.2 Å². The number of carboxylic acid groups (broad SMARTS) is 1. The van der Waals surface area contributed by atoms with Crippen molar-refractivity contribution in [1.29, 1.82) is 0 Å². The standard InChI is InChI=1S/C36H34F3N7O4/c1-21(33(47)48)15-22-5-4-6-23(16-22)35(2)10-11-36(38,39)20-49-30-9-14-42-46(30)19-26-25-8-13-40-28(25)18-27(37)31(26)50-24-7-12-41-29(17-24)32-43-34(35)44-45(32)3/h4-9,12-14,16-18,21,40H,10-11,15,19-20H2,1-3H3,(H,47,48)/t21-,35?/m0/s1. The maximum Gasteiger partial charge on any atom is 0.306 e. The summed E-state index contributed by atoms with van der Waals surface area (Å²) in [5, 5.41) is 19.2. The summed E-state index contributed by atoms with van der Waals surface area (Å²) < 4.78 is 62.1. The molecule has 0 spiro atoms. The van der Waals surface area contributed by atoms with E-state index in [1.807, 2.05) is 18.2 Å². The summed E-state index contributed by atoms with van der Waals surface area (Å²) in [7, 11) is 1.68. The van der Waals surface area contributed by atoms with Gasteiger partial charge in [0.05, 0.1) is 24.1 Å². The van der Waals surface area contributed by atoms with Crippen molar-refractivity contribution < 1.29 is 32.5 Å². The van der Waals surface area contributed by atoms with E-state index in [9.17, 15) is 9.90 Å². The van der Waals surface area contributed by atoms with Crippen LogP contribution in [0.3, 0.4) is 0 Å². The molecule has 6 aromatic rings. The summed E-state index contributed by atoms with van der Waals surface area (Å²) in [6.45, 7) is 2.44. The number of carboxylic acids is 1. The van der Waals surface area contributed by atoms with Crippen LogP contribution >= 0.6 is 0 Å². The number of alkyl halides is 2. The number of hydrogen-bond donors (Lipinski definition) is 2. The van der Waals surface area contributed by atoms with Gasteiger partial charge in [-0.05, 0) is 43.0 Å². The summed E-state index contributed by atoms with van der Waals surface area (Å²) in [6, 6.07) is 15.0. The number of fused-ring (bicyclic) bond motifs is 9. The molecule has 0 saturated carbocycles. The van der Waals surface area contributed by atoms with Gasteiger partial charge < -0.3 is 19.6 Å². The molecule has 4 bridgehead atoms. The number of aromatic nitrogens is 7. The van der Waals surface area contributed by atoms with Gasteiger partial charge in [0.25, 0.3) is 5.92 Å². The SMILES string of the molecule is C[C@@H](Cc1cccc(C2(C)CCC(F)(F)COc3ccnn3Cc3c(c(F)cc4[nH]ccc34)Oc3ccnc(c3)-c3nc2nn3C)c1)C(=O)O. The first-order chi connectivity index (χ1) is 23.9. The second-order valence-electron chi connectivity index (χ2n) is 12.9. The topological polar surface area (TPSA) is 133 Å². The number of rotatable bonds is 4. The van der Waals surface area contributed by atoms with E-state index in [1.54, 1.807) is 51.4 Å². The minimum atomic E-state index is -3.29. The molecule has 2 atom stereocenters. The van der Waals surface area contributed by atoms with Crippen molar-refractivity contribution in [3.05, 3.63) is 102 Å². The van der Waals surface area contributed by atoms with Gasteiger partial charge in [-0.15, -0.1) is 0 Å². The summed E-state index contributed by atoms with van der Waals surface area (Å²) >= 11 is 0. The van der Waals surface area contributed by atoms with E-state index in [2.05, 4.69) is 15.1 Å².